The average Bonchev–Trinajstić information content (AvgIpc) is 2.92. The molecular weight excluding hydrogens is 570 g/mol. The van der Waals surface area contributed by atoms with E-state index in [1.54, 1.807) is 55.6 Å². The van der Waals surface area contributed by atoms with Crippen LogP contribution in [-0.4, -0.2) is 51.9 Å². The molecule has 0 aliphatic rings. The third-order valence-electron chi connectivity index (χ3n) is 6.15. The summed E-state index contributed by atoms with van der Waals surface area (Å²) in [5.74, 6) is -0.170. The molecule has 0 fully saturated rings. The van der Waals surface area contributed by atoms with Crippen LogP contribution in [0.4, 0.5) is 5.69 Å². The lowest BCUT2D eigenvalue weighted by Crippen LogP contribution is -2.51. The summed E-state index contributed by atoms with van der Waals surface area (Å²) in [6.07, 6.45) is 0.352. The molecule has 0 unspecified atom stereocenters. The first-order chi connectivity index (χ1) is 18.1. The van der Waals surface area contributed by atoms with Gasteiger partial charge in [0.05, 0.1) is 17.7 Å². The standard InChI is InChI=1S/C28H32BrN3O5S/c1-5-26(28(34)30-3)31(18-21-8-14-24(37-4)15-9-21)27(33)19-32(23-12-10-22(29)11-13-23)38(35,36)25-16-6-20(2)7-17-25/h6-17,26H,5,18-19H2,1-4H3,(H,30,34)/t26-/m0/s1. The van der Waals surface area contributed by atoms with E-state index in [1.807, 2.05) is 26.0 Å². The summed E-state index contributed by atoms with van der Waals surface area (Å²) >= 11 is 3.38. The number of nitrogens with one attached hydrogen (secondary N) is 1. The number of halogens is 1. The summed E-state index contributed by atoms with van der Waals surface area (Å²) in [7, 11) is -1.02. The minimum atomic E-state index is -4.10. The van der Waals surface area contributed by atoms with E-state index in [9.17, 15) is 18.0 Å². The highest BCUT2D eigenvalue weighted by molar-refractivity contribution is 9.10. The first-order valence-corrected chi connectivity index (χ1v) is 14.3. The molecule has 2 amide bonds. The second-order valence-electron chi connectivity index (χ2n) is 8.71. The lowest BCUT2D eigenvalue weighted by Gasteiger charge is -2.33. The predicted octanol–water partition coefficient (Wildman–Crippen LogP) is 4.51. The Hall–Kier alpha value is -3.37. The van der Waals surface area contributed by atoms with Crippen LogP contribution in [0.2, 0.25) is 0 Å². The number of likely N-dealkylation sites (N-methyl/N-ethyl adjacent to an activating group) is 1. The molecule has 10 heteroatoms. The molecule has 0 radical (unpaired) electrons. The molecule has 3 aromatic rings. The lowest BCUT2D eigenvalue weighted by molar-refractivity contribution is -0.140. The Morgan fingerprint density at radius 1 is 0.974 bits per heavy atom. The Bertz CT molecular complexity index is 1340. The van der Waals surface area contributed by atoms with E-state index in [1.165, 1.54) is 24.1 Å². The molecule has 8 nitrogen and oxygen atoms in total. The van der Waals surface area contributed by atoms with Gasteiger partial charge < -0.3 is 15.0 Å². The van der Waals surface area contributed by atoms with Gasteiger partial charge >= 0.3 is 0 Å². The summed E-state index contributed by atoms with van der Waals surface area (Å²) in [5, 5.41) is 2.62. The fourth-order valence-corrected chi connectivity index (χ4v) is 5.67. The van der Waals surface area contributed by atoms with Crippen LogP contribution in [0, 0.1) is 6.92 Å². The molecule has 3 aromatic carbocycles. The highest BCUT2D eigenvalue weighted by Gasteiger charge is 2.33. The third kappa shape index (κ3) is 6.93. The van der Waals surface area contributed by atoms with Crippen LogP contribution in [0.15, 0.2) is 82.2 Å². The second kappa shape index (κ2) is 12.9. The maximum absolute atomic E-state index is 13.9. The first kappa shape index (κ1) is 29.2. The van der Waals surface area contributed by atoms with Gasteiger partial charge in [0, 0.05) is 18.1 Å². The number of aryl methyl sites for hydroxylation is 1. The molecule has 0 spiro atoms. The quantitative estimate of drug-likeness (QED) is 0.349. The number of hydrogen-bond acceptors (Lipinski definition) is 5. The predicted molar refractivity (Wildman–Crippen MR) is 152 cm³/mol. The third-order valence-corrected chi connectivity index (χ3v) is 8.46. The van der Waals surface area contributed by atoms with Gasteiger partial charge in [-0.15, -0.1) is 0 Å². The van der Waals surface area contributed by atoms with Crippen molar-refractivity contribution in [3.05, 3.63) is 88.4 Å². The number of benzene rings is 3. The minimum Gasteiger partial charge on any atom is -0.497 e. The van der Waals surface area contributed by atoms with Crippen molar-refractivity contribution in [1.29, 1.82) is 0 Å². The van der Waals surface area contributed by atoms with E-state index in [4.69, 9.17) is 4.74 Å². The van der Waals surface area contributed by atoms with Crippen LogP contribution in [0.1, 0.15) is 24.5 Å². The van der Waals surface area contributed by atoms with Crippen LogP contribution < -0.4 is 14.4 Å². The Kier molecular flexibility index (Phi) is 9.93. The van der Waals surface area contributed by atoms with Gasteiger partial charge in [-0.1, -0.05) is 52.7 Å². The molecule has 202 valence electrons. The van der Waals surface area contributed by atoms with E-state index < -0.39 is 28.5 Å². The first-order valence-electron chi connectivity index (χ1n) is 12.1. The van der Waals surface area contributed by atoms with Gasteiger partial charge in [0.25, 0.3) is 10.0 Å². The number of sulfonamides is 1. The minimum absolute atomic E-state index is 0.0684. The number of hydrogen-bond donors (Lipinski definition) is 1. The van der Waals surface area contributed by atoms with Crippen molar-refractivity contribution in [3.63, 3.8) is 0 Å². The van der Waals surface area contributed by atoms with E-state index in [0.717, 1.165) is 19.9 Å². The Morgan fingerprint density at radius 3 is 2.11 bits per heavy atom. The summed E-state index contributed by atoms with van der Waals surface area (Å²) < 4.78 is 34.7. The largest absolute Gasteiger partial charge is 0.497 e. The van der Waals surface area contributed by atoms with Crippen molar-refractivity contribution >= 4 is 43.5 Å². The normalized spacial score (nSPS) is 11.9. The van der Waals surface area contributed by atoms with Crippen molar-refractivity contribution < 1.29 is 22.7 Å². The number of amides is 2. The van der Waals surface area contributed by atoms with Gasteiger partial charge in [-0.05, 0) is 67.4 Å². The second-order valence-corrected chi connectivity index (χ2v) is 11.5. The zero-order valence-electron chi connectivity index (χ0n) is 21.8. The number of carbonyl (C=O) groups excluding carboxylic acids is 2. The van der Waals surface area contributed by atoms with Crippen LogP contribution in [0.3, 0.4) is 0 Å². The van der Waals surface area contributed by atoms with Crippen LogP contribution >= 0.6 is 15.9 Å². The van der Waals surface area contributed by atoms with Crippen LogP contribution in [-0.2, 0) is 26.2 Å². The lowest BCUT2D eigenvalue weighted by atomic mass is 10.1. The number of carbonyl (C=O) groups is 2. The fourth-order valence-electron chi connectivity index (χ4n) is 3.99. The fraction of sp³-hybridized carbons (Fsp3) is 0.286. The van der Waals surface area contributed by atoms with Crippen molar-refractivity contribution in [2.24, 2.45) is 0 Å². The highest BCUT2D eigenvalue weighted by atomic mass is 79.9. The number of ether oxygens (including phenoxy) is 1. The average molecular weight is 603 g/mol. The Balaban J connectivity index is 2.03. The van der Waals surface area contributed by atoms with Gasteiger partial charge in [0.15, 0.2) is 0 Å². The SMILES string of the molecule is CC[C@@H](C(=O)NC)N(Cc1ccc(OC)cc1)C(=O)CN(c1ccc(Br)cc1)S(=O)(=O)c1ccc(C)cc1. The molecule has 0 heterocycles. The van der Waals surface area contributed by atoms with Crippen molar-refractivity contribution in [1.82, 2.24) is 10.2 Å². The summed E-state index contributed by atoms with van der Waals surface area (Å²) in [4.78, 5) is 28.1. The van der Waals surface area contributed by atoms with E-state index in [2.05, 4.69) is 21.2 Å². The molecule has 1 atom stereocenters. The molecule has 0 aliphatic carbocycles. The van der Waals surface area contributed by atoms with E-state index in [0.29, 0.717) is 17.9 Å². The smallest absolute Gasteiger partial charge is 0.264 e. The summed E-state index contributed by atoms with van der Waals surface area (Å²) in [6.45, 7) is 3.31. The maximum Gasteiger partial charge on any atom is 0.264 e. The molecule has 0 saturated carbocycles. The summed E-state index contributed by atoms with van der Waals surface area (Å²) in [5.41, 5.74) is 2.02. The molecule has 0 saturated heterocycles. The van der Waals surface area contributed by atoms with Gasteiger partial charge in [0.2, 0.25) is 11.8 Å². The van der Waals surface area contributed by atoms with Gasteiger partial charge in [-0.3, -0.25) is 13.9 Å². The molecule has 0 aromatic heterocycles. The monoisotopic (exact) mass is 601 g/mol. The molecule has 0 aliphatic heterocycles. The summed E-state index contributed by atoms with van der Waals surface area (Å²) in [6, 6.07) is 19.5. The zero-order chi connectivity index (χ0) is 27.9. The number of rotatable bonds is 11. The van der Waals surface area contributed by atoms with Crippen LogP contribution in [0.5, 0.6) is 5.75 Å². The van der Waals surface area contributed by atoms with Gasteiger partial charge in [-0.25, -0.2) is 8.42 Å². The number of anilines is 1. The molecule has 1 N–H and O–H groups in total. The molecule has 3 rings (SSSR count). The zero-order valence-corrected chi connectivity index (χ0v) is 24.3. The maximum atomic E-state index is 13.9. The van der Waals surface area contributed by atoms with Gasteiger partial charge in [-0.2, -0.15) is 0 Å². The molecule has 0 bridgehead atoms. The Morgan fingerprint density at radius 2 is 1.58 bits per heavy atom. The highest BCUT2D eigenvalue weighted by Crippen LogP contribution is 2.26. The molecule has 38 heavy (non-hydrogen) atoms. The number of methoxy groups -OCH3 is 1. The Labute approximate surface area is 232 Å². The van der Waals surface area contributed by atoms with Crippen molar-refractivity contribution in [2.45, 2.75) is 37.8 Å². The topological polar surface area (TPSA) is 96.0 Å². The van der Waals surface area contributed by atoms with Crippen LogP contribution in [0.25, 0.3) is 0 Å². The van der Waals surface area contributed by atoms with Crippen molar-refractivity contribution in [3.8, 4) is 5.75 Å². The van der Waals surface area contributed by atoms with Crippen molar-refractivity contribution in [2.75, 3.05) is 25.0 Å². The molecular formula is C28H32BrN3O5S. The number of nitrogens with zero attached hydrogens (tertiary/aromatic N) is 2. The van der Waals surface area contributed by atoms with Gasteiger partial charge in [0.1, 0.15) is 18.3 Å². The van der Waals surface area contributed by atoms with E-state index in [-0.39, 0.29) is 17.3 Å². The van der Waals surface area contributed by atoms with E-state index >= 15 is 0 Å².